The lowest BCUT2D eigenvalue weighted by Gasteiger charge is -2.06. The summed E-state index contributed by atoms with van der Waals surface area (Å²) in [6, 6.07) is 10.1. The van der Waals surface area contributed by atoms with E-state index >= 15 is 0 Å². The number of para-hydroxylation sites is 1. The van der Waals surface area contributed by atoms with Gasteiger partial charge in [0.2, 0.25) is 0 Å². The van der Waals surface area contributed by atoms with Gasteiger partial charge < -0.3 is 16.0 Å². The van der Waals surface area contributed by atoms with E-state index < -0.39 is 0 Å². The number of nitrogens with one attached hydrogen (secondary N) is 3. The third kappa shape index (κ3) is 3.08. The molecule has 0 aliphatic rings. The van der Waals surface area contributed by atoms with E-state index in [2.05, 4.69) is 35.0 Å². The molecule has 112 valence electrons. The van der Waals surface area contributed by atoms with Crippen LogP contribution in [-0.4, -0.2) is 37.5 Å². The van der Waals surface area contributed by atoms with Crippen LogP contribution in [0.15, 0.2) is 36.5 Å². The Morgan fingerprint density at radius 2 is 1.90 bits per heavy atom. The van der Waals surface area contributed by atoms with E-state index in [1.54, 1.807) is 0 Å². The molecule has 0 saturated heterocycles. The minimum atomic E-state index is 0.761. The Balaban J connectivity index is 2.55. The molecule has 0 saturated carbocycles. The fourth-order valence-corrected chi connectivity index (χ4v) is 2.42. The first kappa shape index (κ1) is 15.1. The number of benzene rings is 1. The van der Waals surface area contributed by atoms with Gasteiger partial charge in [0, 0.05) is 38.0 Å². The summed E-state index contributed by atoms with van der Waals surface area (Å²) in [5.74, 6) is 1.01. The van der Waals surface area contributed by atoms with E-state index in [-0.39, 0.29) is 0 Å². The van der Waals surface area contributed by atoms with E-state index in [9.17, 15) is 0 Å². The first-order valence-corrected chi connectivity index (χ1v) is 7.07. The summed E-state index contributed by atoms with van der Waals surface area (Å²) in [6.07, 6.45) is 1.99. The van der Waals surface area contributed by atoms with Gasteiger partial charge in [0.1, 0.15) is 5.82 Å². The van der Waals surface area contributed by atoms with Crippen molar-refractivity contribution in [1.82, 2.24) is 20.4 Å². The molecule has 5 nitrogen and oxygen atoms in total. The average Bonchev–Trinajstić information content (AvgIpc) is 2.84. The summed E-state index contributed by atoms with van der Waals surface area (Å²) in [5.41, 5.74) is 4.30. The van der Waals surface area contributed by atoms with Gasteiger partial charge in [0.05, 0.1) is 11.4 Å². The molecule has 5 heteroatoms. The summed E-state index contributed by atoms with van der Waals surface area (Å²) in [5, 5.41) is 14.3. The maximum absolute atomic E-state index is 4.79. The van der Waals surface area contributed by atoms with Crippen LogP contribution in [0.3, 0.4) is 0 Å². The van der Waals surface area contributed by atoms with E-state index in [1.165, 1.54) is 0 Å². The summed E-state index contributed by atoms with van der Waals surface area (Å²) in [7, 11) is 5.76. The monoisotopic (exact) mass is 285 g/mol. The molecular weight excluding hydrogens is 262 g/mol. The summed E-state index contributed by atoms with van der Waals surface area (Å²) >= 11 is 0. The Bertz CT molecular complexity index is 613. The van der Waals surface area contributed by atoms with Gasteiger partial charge in [-0.2, -0.15) is 5.10 Å². The molecule has 0 aliphatic heterocycles. The van der Waals surface area contributed by atoms with Gasteiger partial charge in [-0.05, 0) is 26.1 Å². The first-order valence-electron chi connectivity index (χ1n) is 7.07. The molecule has 1 aromatic heterocycles. The van der Waals surface area contributed by atoms with Crippen LogP contribution >= 0.6 is 0 Å². The zero-order valence-corrected chi connectivity index (χ0v) is 13.1. The number of anilines is 1. The van der Waals surface area contributed by atoms with Crippen molar-refractivity contribution in [2.45, 2.75) is 6.92 Å². The Morgan fingerprint density at radius 1 is 1.19 bits per heavy atom. The molecule has 0 spiro atoms. The van der Waals surface area contributed by atoms with Gasteiger partial charge in [-0.3, -0.25) is 0 Å². The van der Waals surface area contributed by atoms with E-state index in [0.29, 0.717) is 0 Å². The van der Waals surface area contributed by atoms with Gasteiger partial charge in [-0.1, -0.05) is 18.2 Å². The third-order valence-electron chi connectivity index (χ3n) is 3.35. The SMILES string of the molecule is CN/C=C(\CNC)c1nn(-c2ccccc2)c(NC)c1C. The Labute approximate surface area is 126 Å². The molecule has 0 fully saturated rings. The van der Waals surface area contributed by atoms with Gasteiger partial charge in [0.15, 0.2) is 0 Å². The largest absolute Gasteiger partial charge is 0.394 e. The molecule has 0 unspecified atom stereocenters. The number of hydrogen-bond acceptors (Lipinski definition) is 4. The van der Waals surface area contributed by atoms with Gasteiger partial charge in [-0.25, -0.2) is 4.68 Å². The predicted molar refractivity (Wildman–Crippen MR) is 88.8 cm³/mol. The lowest BCUT2D eigenvalue weighted by Crippen LogP contribution is -2.13. The van der Waals surface area contributed by atoms with Crippen molar-refractivity contribution >= 4 is 11.4 Å². The molecule has 1 aromatic carbocycles. The van der Waals surface area contributed by atoms with Gasteiger partial charge >= 0.3 is 0 Å². The Morgan fingerprint density at radius 3 is 2.48 bits per heavy atom. The van der Waals surface area contributed by atoms with Gasteiger partial charge in [-0.15, -0.1) is 0 Å². The first-order chi connectivity index (χ1) is 10.2. The van der Waals surface area contributed by atoms with Crippen LogP contribution < -0.4 is 16.0 Å². The molecule has 2 aromatic rings. The minimum Gasteiger partial charge on any atom is -0.394 e. The molecule has 1 heterocycles. The average molecular weight is 285 g/mol. The highest BCUT2D eigenvalue weighted by atomic mass is 15.3. The van der Waals surface area contributed by atoms with Crippen LogP contribution in [0.25, 0.3) is 11.3 Å². The van der Waals surface area contributed by atoms with Crippen LogP contribution in [0, 0.1) is 6.92 Å². The summed E-state index contributed by atoms with van der Waals surface area (Å²) < 4.78 is 1.95. The molecule has 2 rings (SSSR count). The normalized spacial score (nSPS) is 11.5. The van der Waals surface area contributed by atoms with Crippen molar-refractivity contribution in [2.75, 3.05) is 33.0 Å². The van der Waals surface area contributed by atoms with Crippen LogP contribution in [-0.2, 0) is 0 Å². The van der Waals surface area contributed by atoms with E-state index in [4.69, 9.17) is 5.10 Å². The molecule has 0 aliphatic carbocycles. The number of nitrogens with zero attached hydrogens (tertiary/aromatic N) is 2. The number of rotatable bonds is 6. The molecule has 0 radical (unpaired) electrons. The van der Waals surface area contributed by atoms with Crippen molar-refractivity contribution in [2.24, 2.45) is 0 Å². The van der Waals surface area contributed by atoms with Gasteiger partial charge in [0.25, 0.3) is 0 Å². The predicted octanol–water partition coefficient (Wildman–Crippen LogP) is 2.00. The maximum atomic E-state index is 4.79. The van der Waals surface area contributed by atoms with E-state index in [1.807, 2.05) is 50.2 Å². The fourth-order valence-electron chi connectivity index (χ4n) is 2.42. The summed E-state index contributed by atoms with van der Waals surface area (Å²) in [4.78, 5) is 0. The van der Waals surface area contributed by atoms with E-state index in [0.717, 1.165) is 34.9 Å². The van der Waals surface area contributed by atoms with Crippen molar-refractivity contribution in [3.8, 4) is 5.69 Å². The minimum absolute atomic E-state index is 0.761. The topological polar surface area (TPSA) is 53.9 Å². The molecular formula is C16H23N5. The lowest BCUT2D eigenvalue weighted by atomic mass is 10.1. The highest BCUT2D eigenvalue weighted by Crippen LogP contribution is 2.26. The van der Waals surface area contributed by atoms with Crippen molar-refractivity contribution in [3.05, 3.63) is 47.8 Å². The summed E-state index contributed by atoms with van der Waals surface area (Å²) in [6.45, 7) is 2.85. The molecule has 0 atom stereocenters. The number of aromatic nitrogens is 2. The van der Waals surface area contributed by atoms with Crippen LogP contribution in [0.2, 0.25) is 0 Å². The smallest absolute Gasteiger partial charge is 0.133 e. The van der Waals surface area contributed by atoms with Crippen LogP contribution in [0.4, 0.5) is 5.82 Å². The molecule has 0 amide bonds. The highest BCUT2D eigenvalue weighted by Gasteiger charge is 2.17. The molecule has 0 bridgehead atoms. The van der Waals surface area contributed by atoms with Crippen LogP contribution in [0.1, 0.15) is 11.3 Å². The quantitative estimate of drug-likeness (QED) is 0.760. The highest BCUT2D eigenvalue weighted by molar-refractivity contribution is 5.71. The standard InChI is InChI=1S/C16H23N5/c1-12-15(13(10-17-2)11-18-3)20-21(16(12)19-4)14-8-6-5-7-9-14/h5-10,17-19H,11H2,1-4H3/b13-10+. The maximum Gasteiger partial charge on any atom is 0.133 e. The Hall–Kier alpha value is -2.27. The second kappa shape index (κ2) is 6.95. The third-order valence-corrected chi connectivity index (χ3v) is 3.35. The van der Waals surface area contributed by atoms with Crippen molar-refractivity contribution < 1.29 is 0 Å². The zero-order valence-electron chi connectivity index (χ0n) is 13.1. The number of hydrogen-bond donors (Lipinski definition) is 3. The number of likely N-dealkylation sites (N-methyl/N-ethyl adjacent to an activating group) is 1. The van der Waals surface area contributed by atoms with Crippen molar-refractivity contribution in [1.29, 1.82) is 0 Å². The van der Waals surface area contributed by atoms with Crippen LogP contribution in [0.5, 0.6) is 0 Å². The fraction of sp³-hybridized carbons (Fsp3) is 0.312. The molecule has 3 N–H and O–H groups in total. The zero-order chi connectivity index (χ0) is 15.2. The second-order valence-electron chi connectivity index (χ2n) is 4.81. The lowest BCUT2D eigenvalue weighted by molar-refractivity contribution is 0.863. The molecule has 21 heavy (non-hydrogen) atoms. The Kier molecular flexibility index (Phi) is 5.00. The second-order valence-corrected chi connectivity index (χ2v) is 4.81. The van der Waals surface area contributed by atoms with Crippen molar-refractivity contribution in [3.63, 3.8) is 0 Å².